The highest BCUT2D eigenvalue weighted by Gasteiger charge is 2.16. The Morgan fingerprint density at radius 3 is 2.56 bits per heavy atom. The lowest BCUT2D eigenvalue weighted by atomic mass is 10.1. The molecule has 0 radical (unpaired) electrons. The van der Waals surface area contributed by atoms with Gasteiger partial charge in [-0.2, -0.15) is 5.26 Å². The van der Waals surface area contributed by atoms with Gasteiger partial charge in [0.15, 0.2) is 18.1 Å². The molecule has 9 nitrogen and oxygen atoms in total. The molecule has 0 aliphatic heterocycles. The van der Waals surface area contributed by atoms with Gasteiger partial charge in [0.25, 0.3) is 5.91 Å². The lowest BCUT2D eigenvalue weighted by Gasteiger charge is -2.12. The van der Waals surface area contributed by atoms with Crippen molar-refractivity contribution >= 4 is 35.6 Å². The summed E-state index contributed by atoms with van der Waals surface area (Å²) in [6, 6.07) is 3.35. The second-order valence-corrected chi connectivity index (χ2v) is 4.79. The fourth-order valence-corrected chi connectivity index (χ4v) is 1.92. The van der Waals surface area contributed by atoms with Crippen LogP contribution in [0.2, 0.25) is 5.02 Å². The first-order valence-electron chi connectivity index (χ1n) is 6.62. The number of benzene rings is 1. The van der Waals surface area contributed by atoms with E-state index in [0.29, 0.717) is 5.56 Å². The van der Waals surface area contributed by atoms with Gasteiger partial charge in [-0.25, -0.2) is 9.59 Å². The molecule has 0 unspecified atom stereocenters. The van der Waals surface area contributed by atoms with Crippen LogP contribution < -0.4 is 20.5 Å². The van der Waals surface area contributed by atoms with Gasteiger partial charge in [0.05, 0.1) is 19.2 Å². The molecule has 0 saturated carbocycles. The van der Waals surface area contributed by atoms with Crippen molar-refractivity contribution in [2.45, 2.75) is 0 Å². The Balaban J connectivity index is 3.18. The molecule has 0 heterocycles. The molecule has 132 valence electrons. The normalized spacial score (nSPS) is 10.4. The fourth-order valence-electron chi connectivity index (χ4n) is 1.65. The molecular weight excluding hydrogens is 354 g/mol. The highest BCUT2D eigenvalue weighted by molar-refractivity contribution is 6.32. The number of methoxy groups -OCH3 is 2. The Bertz CT molecular complexity index is 769. The molecule has 0 fully saturated rings. The van der Waals surface area contributed by atoms with Crippen LogP contribution in [-0.4, -0.2) is 38.7 Å². The zero-order valence-corrected chi connectivity index (χ0v) is 14.0. The van der Waals surface area contributed by atoms with Crippen molar-refractivity contribution in [2.24, 2.45) is 5.73 Å². The average Bonchev–Trinajstić information content (AvgIpc) is 2.56. The van der Waals surface area contributed by atoms with Crippen molar-refractivity contribution in [3.8, 4) is 17.6 Å². The number of nitriles is 1. The van der Waals surface area contributed by atoms with Crippen molar-refractivity contribution in [3.63, 3.8) is 0 Å². The van der Waals surface area contributed by atoms with Gasteiger partial charge in [-0.3, -0.25) is 10.1 Å². The maximum Gasteiger partial charge on any atom is 0.343 e. The predicted octanol–water partition coefficient (Wildman–Crippen LogP) is 1.00. The van der Waals surface area contributed by atoms with Gasteiger partial charge in [0, 0.05) is 0 Å². The maximum atomic E-state index is 11.7. The molecule has 3 amide bonds. The predicted molar refractivity (Wildman–Crippen MR) is 86.8 cm³/mol. The number of rotatable bonds is 6. The molecule has 1 rings (SSSR count). The molecule has 0 aliphatic rings. The van der Waals surface area contributed by atoms with E-state index in [2.05, 4.69) is 4.74 Å². The number of amides is 3. The second kappa shape index (κ2) is 9.14. The van der Waals surface area contributed by atoms with Gasteiger partial charge in [0.1, 0.15) is 11.6 Å². The van der Waals surface area contributed by atoms with Crippen molar-refractivity contribution in [1.82, 2.24) is 5.32 Å². The number of primary amides is 1. The lowest BCUT2D eigenvalue weighted by molar-refractivity contribution is -0.142. The van der Waals surface area contributed by atoms with Crippen LogP contribution in [0.15, 0.2) is 17.7 Å². The molecule has 0 bridgehead atoms. The van der Waals surface area contributed by atoms with E-state index in [0.717, 1.165) is 0 Å². The summed E-state index contributed by atoms with van der Waals surface area (Å²) < 4.78 is 14.8. The molecule has 0 atom stereocenters. The third-order valence-electron chi connectivity index (χ3n) is 2.73. The van der Waals surface area contributed by atoms with Crippen LogP contribution in [-0.2, 0) is 14.3 Å². The van der Waals surface area contributed by atoms with Gasteiger partial charge in [-0.1, -0.05) is 11.6 Å². The third kappa shape index (κ3) is 5.71. The number of nitrogens with two attached hydrogens (primary N) is 1. The molecular formula is C15H14ClN3O6. The smallest absolute Gasteiger partial charge is 0.343 e. The van der Waals surface area contributed by atoms with E-state index in [1.807, 2.05) is 0 Å². The topological polar surface area (TPSA) is 141 Å². The van der Waals surface area contributed by atoms with Crippen LogP contribution in [0.25, 0.3) is 6.08 Å². The van der Waals surface area contributed by atoms with Crippen molar-refractivity contribution in [2.75, 3.05) is 20.8 Å². The first-order chi connectivity index (χ1) is 11.8. The van der Waals surface area contributed by atoms with Gasteiger partial charge >= 0.3 is 12.0 Å². The minimum absolute atomic E-state index is 0.0714. The summed E-state index contributed by atoms with van der Waals surface area (Å²) >= 11 is 6.09. The van der Waals surface area contributed by atoms with Crippen LogP contribution >= 0.6 is 11.6 Å². The SMILES string of the molecule is COC(=O)COc1c(Cl)cc(/C=C(/C#N)C(=O)NC(N)=O)cc1OC. The van der Waals surface area contributed by atoms with Crippen molar-refractivity contribution in [1.29, 1.82) is 5.26 Å². The largest absolute Gasteiger partial charge is 0.493 e. The summed E-state index contributed by atoms with van der Waals surface area (Å²) in [6.45, 7) is -0.383. The van der Waals surface area contributed by atoms with E-state index in [4.69, 9.17) is 32.1 Å². The van der Waals surface area contributed by atoms with Crippen LogP contribution in [0.3, 0.4) is 0 Å². The van der Waals surface area contributed by atoms with Gasteiger partial charge in [-0.15, -0.1) is 0 Å². The standard InChI is InChI=1S/C15H14ClN3O6/c1-23-11-5-8(3-9(6-17)14(21)19-15(18)22)4-10(16)13(11)25-7-12(20)24-2/h3-5H,7H2,1-2H3,(H3,18,19,21,22)/b9-3-. The van der Waals surface area contributed by atoms with E-state index in [1.54, 1.807) is 11.4 Å². The third-order valence-corrected chi connectivity index (χ3v) is 3.01. The average molecular weight is 368 g/mol. The highest BCUT2D eigenvalue weighted by atomic mass is 35.5. The van der Waals surface area contributed by atoms with Crippen molar-refractivity contribution < 1.29 is 28.6 Å². The molecule has 0 saturated heterocycles. The Morgan fingerprint density at radius 2 is 2.04 bits per heavy atom. The Labute approximate surface area is 147 Å². The fraction of sp³-hybridized carbons (Fsp3) is 0.200. The number of carbonyl (C=O) groups excluding carboxylic acids is 3. The number of hydrogen-bond acceptors (Lipinski definition) is 7. The number of halogens is 1. The number of esters is 1. The minimum Gasteiger partial charge on any atom is -0.493 e. The van der Waals surface area contributed by atoms with E-state index in [-0.39, 0.29) is 28.7 Å². The molecule has 25 heavy (non-hydrogen) atoms. The first-order valence-corrected chi connectivity index (χ1v) is 6.99. The van der Waals surface area contributed by atoms with E-state index in [1.165, 1.54) is 32.4 Å². The summed E-state index contributed by atoms with van der Waals surface area (Å²) in [5.41, 5.74) is 4.78. The number of nitrogens with zero attached hydrogens (tertiary/aromatic N) is 1. The van der Waals surface area contributed by atoms with Crippen molar-refractivity contribution in [3.05, 3.63) is 28.3 Å². The Kier molecular flexibility index (Phi) is 7.24. The zero-order chi connectivity index (χ0) is 19.0. The number of urea groups is 1. The number of nitrogens with one attached hydrogen (secondary N) is 1. The van der Waals surface area contributed by atoms with E-state index >= 15 is 0 Å². The van der Waals surface area contributed by atoms with Crippen LogP contribution in [0, 0.1) is 11.3 Å². The summed E-state index contributed by atoms with van der Waals surface area (Å²) in [4.78, 5) is 33.5. The van der Waals surface area contributed by atoms with Crippen LogP contribution in [0.5, 0.6) is 11.5 Å². The Morgan fingerprint density at radius 1 is 1.36 bits per heavy atom. The lowest BCUT2D eigenvalue weighted by Crippen LogP contribution is -2.35. The van der Waals surface area contributed by atoms with Gasteiger partial charge in [0.2, 0.25) is 0 Å². The molecule has 0 aliphatic carbocycles. The number of carbonyl (C=O) groups is 3. The second-order valence-electron chi connectivity index (χ2n) is 4.39. The number of ether oxygens (including phenoxy) is 3. The Hall–Kier alpha value is -3.25. The van der Waals surface area contributed by atoms with E-state index in [9.17, 15) is 14.4 Å². The first kappa shape index (κ1) is 19.8. The van der Waals surface area contributed by atoms with Gasteiger partial charge in [-0.05, 0) is 23.8 Å². The highest BCUT2D eigenvalue weighted by Crippen LogP contribution is 2.37. The van der Waals surface area contributed by atoms with Gasteiger partial charge < -0.3 is 19.9 Å². The monoisotopic (exact) mass is 367 g/mol. The zero-order valence-electron chi connectivity index (χ0n) is 13.3. The molecule has 1 aromatic rings. The number of imide groups is 1. The van der Waals surface area contributed by atoms with Crippen LogP contribution in [0.4, 0.5) is 4.79 Å². The number of hydrogen-bond donors (Lipinski definition) is 2. The molecule has 1 aromatic carbocycles. The minimum atomic E-state index is -1.09. The maximum absolute atomic E-state index is 11.7. The summed E-state index contributed by atoms with van der Waals surface area (Å²) in [7, 11) is 2.55. The molecule has 3 N–H and O–H groups in total. The quantitative estimate of drug-likeness (QED) is 0.434. The molecule has 10 heteroatoms. The summed E-state index contributed by atoms with van der Waals surface area (Å²) in [5, 5.41) is 10.9. The summed E-state index contributed by atoms with van der Waals surface area (Å²) in [5.74, 6) is -1.32. The molecule has 0 spiro atoms. The summed E-state index contributed by atoms with van der Waals surface area (Å²) in [6.07, 6.45) is 1.18. The van der Waals surface area contributed by atoms with Crippen LogP contribution in [0.1, 0.15) is 5.56 Å². The van der Waals surface area contributed by atoms with E-state index < -0.39 is 17.9 Å². The molecule has 0 aromatic heterocycles.